The van der Waals surface area contributed by atoms with Gasteiger partial charge in [0, 0.05) is 16.7 Å². The van der Waals surface area contributed by atoms with Crippen molar-refractivity contribution in [2.75, 3.05) is 11.9 Å². The van der Waals surface area contributed by atoms with E-state index in [4.69, 9.17) is 10.2 Å². The maximum Gasteiger partial charge on any atom is 0.338 e. The van der Waals surface area contributed by atoms with Gasteiger partial charge in [0.05, 0.1) is 11.7 Å². The number of anilines is 1. The zero-order valence-corrected chi connectivity index (χ0v) is 10.5. The Morgan fingerprint density at radius 2 is 2.25 bits per heavy atom. The lowest BCUT2D eigenvalue weighted by Crippen LogP contribution is -2.12. The van der Waals surface area contributed by atoms with Crippen LogP contribution in [0.15, 0.2) is 22.7 Å². The Kier molecular flexibility index (Phi) is 4.76. The highest BCUT2D eigenvalue weighted by Gasteiger charge is 2.13. The lowest BCUT2D eigenvalue weighted by molar-refractivity contribution is 0.0697. The normalized spacial score (nSPS) is 12.2. The number of aromatic carboxylic acids is 1. The summed E-state index contributed by atoms with van der Waals surface area (Å²) in [4.78, 5) is 11.0. The predicted octanol–water partition coefficient (Wildman–Crippen LogP) is 2.33. The molecule has 1 aromatic rings. The smallest absolute Gasteiger partial charge is 0.338 e. The van der Waals surface area contributed by atoms with Crippen LogP contribution in [-0.2, 0) is 0 Å². The third-order valence-electron chi connectivity index (χ3n) is 2.11. The largest absolute Gasteiger partial charge is 0.478 e. The summed E-state index contributed by atoms with van der Waals surface area (Å²) in [6.07, 6.45) is 0.180. The average molecular weight is 288 g/mol. The van der Waals surface area contributed by atoms with E-state index in [0.717, 1.165) is 0 Å². The van der Waals surface area contributed by atoms with Gasteiger partial charge in [-0.05, 0) is 41.4 Å². The van der Waals surface area contributed by atoms with Gasteiger partial charge in [0.25, 0.3) is 0 Å². The van der Waals surface area contributed by atoms with E-state index in [1.807, 2.05) is 0 Å². The maximum atomic E-state index is 11.0. The van der Waals surface area contributed by atoms with Crippen LogP contribution in [0.25, 0.3) is 0 Å². The molecule has 0 bridgehead atoms. The van der Waals surface area contributed by atoms with Crippen LogP contribution in [0, 0.1) is 0 Å². The lowest BCUT2D eigenvalue weighted by Gasteiger charge is -2.11. The topological polar surface area (TPSA) is 69.6 Å². The van der Waals surface area contributed by atoms with Gasteiger partial charge >= 0.3 is 5.97 Å². The molecular formula is C11H14BrNO3. The van der Waals surface area contributed by atoms with Crippen LogP contribution in [0.3, 0.4) is 0 Å². The van der Waals surface area contributed by atoms with Gasteiger partial charge in [-0.15, -0.1) is 0 Å². The Labute approximate surface area is 102 Å². The van der Waals surface area contributed by atoms with Crippen LogP contribution in [0.4, 0.5) is 5.69 Å². The van der Waals surface area contributed by atoms with E-state index in [1.165, 1.54) is 0 Å². The minimum Gasteiger partial charge on any atom is -0.478 e. The van der Waals surface area contributed by atoms with Gasteiger partial charge in [0.1, 0.15) is 0 Å². The third kappa shape index (κ3) is 3.50. The predicted molar refractivity (Wildman–Crippen MR) is 65.9 cm³/mol. The fourth-order valence-electron chi connectivity index (χ4n) is 1.30. The highest BCUT2D eigenvalue weighted by Crippen LogP contribution is 2.24. The molecule has 0 spiro atoms. The molecule has 0 heterocycles. The first kappa shape index (κ1) is 13.0. The van der Waals surface area contributed by atoms with E-state index in [9.17, 15) is 4.79 Å². The minimum absolute atomic E-state index is 0.216. The van der Waals surface area contributed by atoms with Crippen LogP contribution in [0.2, 0.25) is 0 Å². The standard InChI is InChI=1S/C11H14BrNO3/c1-7(14)5-6-13-9-4-2-3-8(12)10(9)11(15)16/h2-4,7,13-14H,5-6H2,1H3,(H,15,16). The summed E-state index contributed by atoms with van der Waals surface area (Å²) in [6.45, 7) is 2.23. The van der Waals surface area contributed by atoms with E-state index < -0.39 is 12.1 Å². The van der Waals surface area contributed by atoms with E-state index in [0.29, 0.717) is 23.1 Å². The number of aliphatic hydroxyl groups excluding tert-OH is 1. The van der Waals surface area contributed by atoms with E-state index >= 15 is 0 Å². The molecule has 0 aliphatic heterocycles. The quantitative estimate of drug-likeness (QED) is 0.777. The molecule has 3 N–H and O–H groups in total. The Hall–Kier alpha value is -1.07. The van der Waals surface area contributed by atoms with Crippen LogP contribution in [0.5, 0.6) is 0 Å². The van der Waals surface area contributed by atoms with Crippen molar-refractivity contribution in [1.82, 2.24) is 0 Å². The molecule has 4 nitrogen and oxygen atoms in total. The van der Waals surface area contributed by atoms with Crippen molar-refractivity contribution in [3.8, 4) is 0 Å². The Morgan fingerprint density at radius 1 is 1.56 bits per heavy atom. The Balaban J connectivity index is 2.79. The van der Waals surface area contributed by atoms with Crippen LogP contribution >= 0.6 is 15.9 Å². The highest BCUT2D eigenvalue weighted by molar-refractivity contribution is 9.10. The molecule has 0 aromatic heterocycles. The molecule has 0 saturated carbocycles. The first-order chi connectivity index (χ1) is 7.52. The van der Waals surface area contributed by atoms with Crippen molar-refractivity contribution in [1.29, 1.82) is 0 Å². The molecule has 0 aliphatic rings. The third-order valence-corrected chi connectivity index (χ3v) is 2.77. The van der Waals surface area contributed by atoms with Gasteiger partial charge < -0.3 is 15.5 Å². The number of hydrogen-bond acceptors (Lipinski definition) is 3. The van der Waals surface area contributed by atoms with E-state index in [2.05, 4.69) is 21.2 Å². The summed E-state index contributed by atoms with van der Waals surface area (Å²) in [5.74, 6) is -0.980. The summed E-state index contributed by atoms with van der Waals surface area (Å²) < 4.78 is 0.544. The number of aliphatic hydroxyl groups is 1. The fraction of sp³-hybridized carbons (Fsp3) is 0.364. The summed E-state index contributed by atoms with van der Waals surface area (Å²) in [5, 5.41) is 21.1. The summed E-state index contributed by atoms with van der Waals surface area (Å²) >= 11 is 3.20. The van der Waals surface area contributed by atoms with Gasteiger partial charge in [-0.25, -0.2) is 4.79 Å². The zero-order valence-electron chi connectivity index (χ0n) is 8.90. The first-order valence-electron chi connectivity index (χ1n) is 4.96. The zero-order chi connectivity index (χ0) is 12.1. The number of rotatable bonds is 5. The van der Waals surface area contributed by atoms with Crippen LogP contribution in [-0.4, -0.2) is 28.8 Å². The molecule has 0 saturated heterocycles. The second kappa shape index (κ2) is 5.86. The summed E-state index contributed by atoms with van der Waals surface area (Å²) in [5.41, 5.74) is 0.774. The molecule has 0 amide bonds. The first-order valence-corrected chi connectivity index (χ1v) is 5.75. The molecule has 1 aromatic carbocycles. The fourth-order valence-corrected chi connectivity index (χ4v) is 1.84. The Morgan fingerprint density at radius 3 is 2.81 bits per heavy atom. The summed E-state index contributed by atoms with van der Waals surface area (Å²) in [6, 6.07) is 5.15. The molecule has 88 valence electrons. The number of hydrogen-bond donors (Lipinski definition) is 3. The van der Waals surface area contributed by atoms with Gasteiger partial charge in [0.2, 0.25) is 0 Å². The van der Waals surface area contributed by atoms with Gasteiger partial charge in [-0.3, -0.25) is 0 Å². The van der Waals surface area contributed by atoms with Gasteiger partial charge in [-0.1, -0.05) is 6.07 Å². The van der Waals surface area contributed by atoms with Crippen molar-refractivity contribution < 1.29 is 15.0 Å². The number of nitrogens with one attached hydrogen (secondary N) is 1. The molecular weight excluding hydrogens is 274 g/mol. The molecule has 0 aliphatic carbocycles. The van der Waals surface area contributed by atoms with Crippen LogP contribution in [0.1, 0.15) is 23.7 Å². The number of benzene rings is 1. The maximum absolute atomic E-state index is 11.0. The second-order valence-corrected chi connectivity index (χ2v) is 4.39. The number of carboxylic acids is 1. The molecule has 0 fully saturated rings. The van der Waals surface area contributed by atoms with Gasteiger partial charge in [0.15, 0.2) is 0 Å². The van der Waals surface area contributed by atoms with Crippen molar-refractivity contribution in [3.05, 3.63) is 28.2 Å². The highest BCUT2D eigenvalue weighted by atomic mass is 79.9. The molecule has 0 radical (unpaired) electrons. The molecule has 16 heavy (non-hydrogen) atoms. The average Bonchev–Trinajstić information content (AvgIpc) is 2.16. The number of carboxylic acid groups (broad SMARTS) is 1. The van der Waals surface area contributed by atoms with Crippen molar-refractivity contribution in [2.45, 2.75) is 19.4 Å². The lowest BCUT2D eigenvalue weighted by atomic mass is 10.1. The van der Waals surface area contributed by atoms with Crippen molar-refractivity contribution in [3.63, 3.8) is 0 Å². The van der Waals surface area contributed by atoms with E-state index in [1.54, 1.807) is 25.1 Å². The van der Waals surface area contributed by atoms with Gasteiger partial charge in [-0.2, -0.15) is 0 Å². The molecule has 5 heteroatoms. The second-order valence-electron chi connectivity index (χ2n) is 3.53. The van der Waals surface area contributed by atoms with Crippen molar-refractivity contribution >= 4 is 27.6 Å². The SMILES string of the molecule is CC(O)CCNc1cccc(Br)c1C(=O)O. The molecule has 1 atom stereocenters. The van der Waals surface area contributed by atoms with Crippen molar-refractivity contribution in [2.24, 2.45) is 0 Å². The number of halogens is 1. The number of carbonyl (C=O) groups is 1. The van der Waals surface area contributed by atoms with E-state index in [-0.39, 0.29) is 5.56 Å². The minimum atomic E-state index is -0.980. The Bertz CT molecular complexity index is 379. The molecule has 1 unspecified atom stereocenters. The summed E-state index contributed by atoms with van der Waals surface area (Å²) in [7, 11) is 0. The molecule has 1 rings (SSSR count). The monoisotopic (exact) mass is 287 g/mol. The van der Waals surface area contributed by atoms with Crippen LogP contribution < -0.4 is 5.32 Å².